The molecular weight excluding hydrogens is 497 g/mol. The third-order valence-corrected chi connectivity index (χ3v) is 7.75. The van der Waals surface area contributed by atoms with Crippen molar-refractivity contribution >= 4 is 34.0 Å². The topological polar surface area (TPSA) is 96.0 Å². The summed E-state index contributed by atoms with van der Waals surface area (Å²) in [6.07, 6.45) is 2.31. The molecule has 2 N–H and O–H groups in total. The maximum Gasteiger partial charge on any atom is 0.275 e. The molecule has 2 amide bonds. The summed E-state index contributed by atoms with van der Waals surface area (Å²) >= 11 is 1.41. The maximum absolute atomic E-state index is 13.1. The van der Waals surface area contributed by atoms with Gasteiger partial charge in [0.1, 0.15) is 5.69 Å². The Labute approximate surface area is 221 Å². The lowest BCUT2D eigenvalue weighted by molar-refractivity contribution is -0.0127. The molecule has 2 atom stereocenters. The quantitative estimate of drug-likeness (QED) is 0.428. The molecule has 2 aliphatic heterocycles. The first-order chi connectivity index (χ1) is 18.0. The number of hydrogen-bond acceptors (Lipinski definition) is 8. The van der Waals surface area contributed by atoms with Crippen LogP contribution in [0.3, 0.4) is 0 Å². The predicted octanol–water partition coefficient (Wildman–Crippen LogP) is 3.32. The fourth-order valence-electron chi connectivity index (χ4n) is 4.65. The highest BCUT2D eigenvalue weighted by Crippen LogP contribution is 2.27. The zero-order valence-corrected chi connectivity index (χ0v) is 22.3. The molecule has 9 nitrogen and oxygen atoms in total. The van der Waals surface area contributed by atoms with Crippen molar-refractivity contribution in [3.05, 3.63) is 40.4 Å². The van der Waals surface area contributed by atoms with Crippen molar-refractivity contribution in [2.75, 3.05) is 63.4 Å². The largest absolute Gasteiger partial charge is 0.380 e. The molecule has 0 spiro atoms. The lowest BCUT2D eigenvalue weighted by Gasteiger charge is -2.35. The van der Waals surface area contributed by atoms with Crippen LogP contribution in [0.4, 0.5) is 15.2 Å². The zero-order chi connectivity index (χ0) is 26.2. The molecule has 2 fully saturated rings. The first kappa shape index (κ1) is 27.4. The Morgan fingerprint density at radius 1 is 1.30 bits per heavy atom. The fourth-order valence-corrected chi connectivity index (χ4v) is 5.50. The number of amides is 2. The van der Waals surface area contributed by atoms with E-state index in [1.165, 1.54) is 11.3 Å². The summed E-state index contributed by atoms with van der Waals surface area (Å²) in [6, 6.07) is 5.82. The van der Waals surface area contributed by atoms with E-state index in [1.807, 2.05) is 12.1 Å². The van der Waals surface area contributed by atoms with Crippen molar-refractivity contribution in [2.45, 2.75) is 44.9 Å². The van der Waals surface area contributed by atoms with E-state index in [1.54, 1.807) is 18.6 Å². The molecule has 0 bridgehead atoms. The second-order valence-electron chi connectivity index (χ2n) is 9.35. The molecule has 0 radical (unpaired) electrons. The number of hydrogen-bond donors (Lipinski definition) is 2. The van der Waals surface area contributed by atoms with Crippen molar-refractivity contribution in [3.63, 3.8) is 0 Å². The summed E-state index contributed by atoms with van der Waals surface area (Å²) in [5.74, 6) is -0.726. The minimum Gasteiger partial charge on any atom is -0.380 e. The van der Waals surface area contributed by atoms with Gasteiger partial charge in [0.05, 0.1) is 37.2 Å². The summed E-state index contributed by atoms with van der Waals surface area (Å²) < 4.78 is 23.6. The highest BCUT2D eigenvalue weighted by Gasteiger charge is 2.26. The molecule has 2 saturated heterocycles. The van der Waals surface area contributed by atoms with Gasteiger partial charge in [0, 0.05) is 51.3 Å². The number of alkyl halides is 1. The average molecular weight is 534 g/mol. The number of carbonyl (C=O) groups is 2. The van der Waals surface area contributed by atoms with Crippen molar-refractivity contribution in [1.29, 1.82) is 0 Å². The van der Waals surface area contributed by atoms with Crippen LogP contribution in [-0.2, 0) is 16.0 Å². The molecule has 1 aromatic heterocycles. The summed E-state index contributed by atoms with van der Waals surface area (Å²) in [6.45, 7) is 6.31. The van der Waals surface area contributed by atoms with Gasteiger partial charge in [-0.25, -0.2) is 4.98 Å². The minimum absolute atomic E-state index is 0.170. The number of thiazole rings is 1. The highest BCUT2D eigenvalue weighted by molar-refractivity contribution is 7.14. The van der Waals surface area contributed by atoms with E-state index in [-0.39, 0.29) is 30.9 Å². The smallest absolute Gasteiger partial charge is 0.275 e. The summed E-state index contributed by atoms with van der Waals surface area (Å²) in [5, 5.41) is 8.13. The Morgan fingerprint density at radius 3 is 2.92 bits per heavy atom. The van der Waals surface area contributed by atoms with Crippen molar-refractivity contribution < 1.29 is 23.5 Å². The van der Waals surface area contributed by atoms with E-state index in [0.29, 0.717) is 42.7 Å². The van der Waals surface area contributed by atoms with Crippen LogP contribution >= 0.6 is 11.3 Å². The number of benzene rings is 1. The lowest BCUT2D eigenvalue weighted by atomic mass is 10.0. The second-order valence-corrected chi connectivity index (χ2v) is 10.2. The van der Waals surface area contributed by atoms with Crippen LogP contribution in [0.25, 0.3) is 0 Å². The van der Waals surface area contributed by atoms with Crippen LogP contribution < -0.4 is 15.5 Å². The van der Waals surface area contributed by atoms with Crippen molar-refractivity contribution in [2.24, 2.45) is 0 Å². The predicted molar refractivity (Wildman–Crippen MR) is 142 cm³/mol. The molecule has 2 aliphatic rings. The van der Waals surface area contributed by atoms with Crippen molar-refractivity contribution in [3.8, 4) is 0 Å². The molecular formula is C26H36FN5O4S. The van der Waals surface area contributed by atoms with Gasteiger partial charge in [-0.3, -0.25) is 18.9 Å². The Bertz CT molecular complexity index is 1070. The fraction of sp³-hybridized carbons (Fsp3) is 0.577. The highest BCUT2D eigenvalue weighted by atomic mass is 32.1. The Balaban J connectivity index is 1.49. The second kappa shape index (κ2) is 13.3. The van der Waals surface area contributed by atoms with E-state index in [2.05, 4.69) is 32.3 Å². The molecule has 202 valence electrons. The number of nitrogens with zero attached hydrogens (tertiary/aromatic N) is 3. The van der Waals surface area contributed by atoms with Gasteiger partial charge in [0.25, 0.3) is 11.8 Å². The molecule has 11 heteroatoms. The molecule has 1 aromatic carbocycles. The first-order valence-corrected chi connectivity index (χ1v) is 13.7. The van der Waals surface area contributed by atoms with Crippen LogP contribution in [0, 0.1) is 0 Å². The van der Waals surface area contributed by atoms with Gasteiger partial charge < -0.3 is 25.0 Å². The van der Waals surface area contributed by atoms with Gasteiger partial charge in [-0.05, 0) is 37.0 Å². The van der Waals surface area contributed by atoms with Crippen LogP contribution in [0.2, 0.25) is 0 Å². The van der Waals surface area contributed by atoms with Gasteiger partial charge in [-0.1, -0.05) is 13.0 Å². The molecule has 37 heavy (non-hydrogen) atoms. The lowest BCUT2D eigenvalue weighted by Crippen LogP contribution is -2.44. The summed E-state index contributed by atoms with van der Waals surface area (Å²) in [4.78, 5) is 35.1. The van der Waals surface area contributed by atoms with E-state index in [4.69, 9.17) is 9.47 Å². The molecule has 4 rings (SSSR count). The SMILES string of the molecule is CC[C@H]1COCCN1Cc1ccc(NC(=O)c2csc(N3CC[C@H](OC)C3)n2)c(C(=O)NCCCF)c1. The number of aromatic nitrogens is 1. The van der Waals surface area contributed by atoms with E-state index < -0.39 is 6.67 Å². The van der Waals surface area contributed by atoms with Gasteiger partial charge >= 0.3 is 0 Å². The normalized spacial score (nSPS) is 20.2. The van der Waals surface area contributed by atoms with E-state index in [0.717, 1.165) is 43.2 Å². The summed E-state index contributed by atoms with van der Waals surface area (Å²) in [5.41, 5.74) is 2.01. The maximum atomic E-state index is 13.1. The molecule has 2 aromatic rings. The third-order valence-electron chi connectivity index (χ3n) is 6.85. The van der Waals surface area contributed by atoms with E-state index in [9.17, 15) is 14.0 Å². The van der Waals surface area contributed by atoms with E-state index >= 15 is 0 Å². The van der Waals surface area contributed by atoms with Crippen LogP contribution in [0.15, 0.2) is 23.6 Å². The van der Waals surface area contributed by atoms with Crippen LogP contribution in [-0.4, -0.2) is 87.0 Å². The van der Waals surface area contributed by atoms with Gasteiger partial charge in [-0.15, -0.1) is 11.3 Å². The van der Waals surface area contributed by atoms with Crippen molar-refractivity contribution in [1.82, 2.24) is 15.2 Å². The number of carbonyl (C=O) groups excluding carboxylic acids is 2. The Hall–Kier alpha value is -2.60. The number of methoxy groups -OCH3 is 1. The monoisotopic (exact) mass is 533 g/mol. The number of halogens is 1. The zero-order valence-electron chi connectivity index (χ0n) is 21.5. The number of anilines is 2. The van der Waals surface area contributed by atoms with Crippen LogP contribution in [0.5, 0.6) is 0 Å². The van der Waals surface area contributed by atoms with Gasteiger partial charge in [0.15, 0.2) is 5.13 Å². The van der Waals surface area contributed by atoms with Crippen LogP contribution in [0.1, 0.15) is 52.6 Å². The number of ether oxygens (including phenoxy) is 2. The van der Waals surface area contributed by atoms with Gasteiger partial charge in [-0.2, -0.15) is 0 Å². The molecule has 3 heterocycles. The molecule has 0 aliphatic carbocycles. The standard InChI is InChI=1S/C26H36FN5O4S/c1-3-19-16-36-12-11-31(19)14-18-5-6-22(21(13-18)24(33)28-9-4-8-27)29-25(34)23-17-37-26(30-23)32-10-7-20(15-32)35-2/h5-6,13,17,19-20H,3-4,7-12,14-16H2,1-2H3,(H,28,33)(H,29,34)/t19-,20-/m0/s1. The first-order valence-electron chi connectivity index (χ1n) is 12.9. The third kappa shape index (κ3) is 7.04. The Morgan fingerprint density at radius 2 is 2.16 bits per heavy atom. The number of rotatable bonds is 11. The summed E-state index contributed by atoms with van der Waals surface area (Å²) in [7, 11) is 1.70. The number of nitrogens with one attached hydrogen (secondary N) is 2. The molecule has 0 unspecified atom stereocenters. The molecule has 0 saturated carbocycles. The average Bonchev–Trinajstić information content (AvgIpc) is 3.60. The number of morpholine rings is 1. The minimum atomic E-state index is -0.506. The Kier molecular flexibility index (Phi) is 9.84. The van der Waals surface area contributed by atoms with Gasteiger partial charge in [0.2, 0.25) is 0 Å².